The van der Waals surface area contributed by atoms with Crippen molar-refractivity contribution in [3.63, 3.8) is 0 Å². The van der Waals surface area contributed by atoms with Crippen molar-refractivity contribution >= 4 is 10.9 Å². The Morgan fingerprint density at radius 1 is 1.38 bits per heavy atom. The minimum Gasteiger partial charge on any atom is -0.381 e. The van der Waals surface area contributed by atoms with E-state index in [1.807, 2.05) is 12.3 Å². The van der Waals surface area contributed by atoms with Crippen LogP contribution >= 0.6 is 0 Å². The average molecular weight is 284 g/mol. The van der Waals surface area contributed by atoms with Crippen molar-refractivity contribution in [2.45, 2.75) is 32.2 Å². The van der Waals surface area contributed by atoms with Gasteiger partial charge in [-0.2, -0.15) is 0 Å². The number of nitrogens with zero attached hydrogens (tertiary/aromatic N) is 1. The quantitative estimate of drug-likeness (QED) is 0.878. The van der Waals surface area contributed by atoms with Gasteiger partial charge in [0.1, 0.15) is 0 Å². The molecule has 3 heteroatoms. The second kappa shape index (κ2) is 7.01. The first kappa shape index (κ1) is 14.5. The highest BCUT2D eigenvalue weighted by atomic mass is 16.5. The first-order chi connectivity index (χ1) is 10.4. The number of aromatic nitrogens is 1. The molecule has 1 fully saturated rings. The lowest BCUT2D eigenvalue weighted by Crippen LogP contribution is -2.25. The highest BCUT2D eigenvalue weighted by molar-refractivity contribution is 5.78. The Labute approximate surface area is 126 Å². The van der Waals surface area contributed by atoms with Crippen LogP contribution in [0.15, 0.2) is 36.5 Å². The fourth-order valence-electron chi connectivity index (χ4n) is 3.04. The maximum absolute atomic E-state index is 5.53. The van der Waals surface area contributed by atoms with Gasteiger partial charge in [0.15, 0.2) is 0 Å². The molecular formula is C18H24N2O. The van der Waals surface area contributed by atoms with Crippen molar-refractivity contribution in [3.8, 4) is 0 Å². The third-order valence-electron chi connectivity index (χ3n) is 4.25. The summed E-state index contributed by atoms with van der Waals surface area (Å²) in [6.07, 6.45) is 5.51. The van der Waals surface area contributed by atoms with E-state index < -0.39 is 0 Å². The Hall–Kier alpha value is -1.45. The second-order valence-corrected chi connectivity index (χ2v) is 5.93. The minimum absolute atomic E-state index is 0.383. The van der Waals surface area contributed by atoms with Gasteiger partial charge in [-0.1, -0.05) is 25.1 Å². The number of ether oxygens (including phenoxy) is 1. The molecule has 1 saturated heterocycles. The van der Waals surface area contributed by atoms with Gasteiger partial charge in [0.05, 0.1) is 5.52 Å². The number of pyridine rings is 1. The summed E-state index contributed by atoms with van der Waals surface area (Å²) in [5, 5.41) is 4.90. The lowest BCUT2D eigenvalue weighted by molar-refractivity contribution is 0.181. The molecule has 3 rings (SSSR count). The Balaban J connectivity index is 1.81. The fraction of sp³-hybridized carbons (Fsp3) is 0.500. The highest BCUT2D eigenvalue weighted by Crippen LogP contribution is 2.27. The third-order valence-corrected chi connectivity index (χ3v) is 4.25. The molecule has 3 nitrogen and oxygen atoms in total. The van der Waals surface area contributed by atoms with Crippen molar-refractivity contribution in [1.29, 1.82) is 0 Å². The van der Waals surface area contributed by atoms with Crippen LogP contribution < -0.4 is 5.32 Å². The van der Waals surface area contributed by atoms with Crippen LogP contribution in [0.5, 0.6) is 0 Å². The number of rotatable bonds is 6. The van der Waals surface area contributed by atoms with Gasteiger partial charge < -0.3 is 10.1 Å². The predicted molar refractivity (Wildman–Crippen MR) is 86.3 cm³/mol. The van der Waals surface area contributed by atoms with Crippen molar-refractivity contribution in [2.24, 2.45) is 5.92 Å². The zero-order valence-electron chi connectivity index (χ0n) is 12.7. The van der Waals surface area contributed by atoms with E-state index in [1.165, 1.54) is 17.4 Å². The van der Waals surface area contributed by atoms with E-state index in [1.54, 1.807) is 0 Å². The number of hydrogen-bond donors (Lipinski definition) is 1. The first-order valence-corrected chi connectivity index (χ1v) is 8.02. The minimum atomic E-state index is 0.383. The molecule has 21 heavy (non-hydrogen) atoms. The summed E-state index contributed by atoms with van der Waals surface area (Å²) in [6.45, 7) is 5.08. The molecule has 1 aromatic heterocycles. The molecule has 0 spiro atoms. The zero-order chi connectivity index (χ0) is 14.5. The Morgan fingerprint density at radius 3 is 3.10 bits per heavy atom. The van der Waals surface area contributed by atoms with Crippen LogP contribution in [0.2, 0.25) is 0 Å². The first-order valence-electron chi connectivity index (χ1n) is 8.02. The molecule has 0 saturated carbocycles. The van der Waals surface area contributed by atoms with E-state index in [0.29, 0.717) is 12.0 Å². The number of hydrogen-bond acceptors (Lipinski definition) is 3. The molecule has 0 aliphatic carbocycles. The van der Waals surface area contributed by atoms with E-state index in [2.05, 4.69) is 41.5 Å². The van der Waals surface area contributed by atoms with Crippen molar-refractivity contribution < 1.29 is 4.74 Å². The lowest BCUT2D eigenvalue weighted by atomic mass is 9.94. The molecular weight excluding hydrogens is 260 g/mol. The summed E-state index contributed by atoms with van der Waals surface area (Å²) in [6, 6.07) is 11.0. The molecule has 1 aliphatic rings. The van der Waals surface area contributed by atoms with Crippen LogP contribution in [0.3, 0.4) is 0 Å². The van der Waals surface area contributed by atoms with Crippen LogP contribution in [-0.4, -0.2) is 24.7 Å². The van der Waals surface area contributed by atoms with E-state index in [9.17, 15) is 0 Å². The normalized spacial score (nSPS) is 20.0. The van der Waals surface area contributed by atoms with Gasteiger partial charge >= 0.3 is 0 Å². The number of para-hydroxylation sites is 1. The maximum Gasteiger partial charge on any atom is 0.0702 e. The molecule has 112 valence electrons. The van der Waals surface area contributed by atoms with Crippen LogP contribution in [-0.2, 0) is 4.74 Å². The lowest BCUT2D eigenvalue weighted by Gasteiger charge is -2.22. The molecule has 0 amide bonds. The zero-order valence-corrected chi connectivity index (χ0v) is 12.7. The molecule has 1 aromatic carbocycles. The molecule has 0 radical (unpaired) electrons. The third kappa shape index (κ3) is 3.60. The maximum atomic E-state index is 5.53. The number of benzene rings is 1. The van der Waals surface area contributed by atoms with Gasteiger partial charge in [-0.3, -0.25) is 4.98 Å². The average Bonchev–Trinajstić information content (AvgIpc) is 3.04. The SMILES string of the molecule is CCCNC(CC1CCOC1)c1cnc2ccccc2c1. The van der Waals surface area contributed by atoms with Crippen LogP contribution in [0, 0.1) is 5.92 Å². The molecule has 1 N–H and O–H groups in total. The number of fused-ring (bicyclic) bond motifs is 1. The standard InChI is InChI=1S/C18H24N2O/c1-2-8-19-18(10-14-7-9-21-13-14)16-11-15-5-3-4-6-17(15)20-12-16/h3-6,11-12,14,18-19H,2,7-10,13H2,1H3. The van der Waals surface area contributed by atoms with Crippen molar-refractivity contribution in [2.75, 3.05) is 19.8 Å². The van der Waals surface area contributed by atoms with E-state index in [4.69, 9.17) is 4.74 Å². The summed E-state index contributed by atoms with van der Waals surface area (Å²) in [7, 11) is 0. The monoisotopic (exact) mass is 284 g/mol. The molecule has 2 atom stereocenters. The van der Waals surface area contributed by atoms with E-state index in [0.717, 1.165) is 38.1 Å². The smallest absolute Gasteiger partial charge is 0.0702 e. The Bertz CT molecular complexity index is 578. The summed E-state index contributed by atoms with van der Waals surface area (Å²) in [5.41, 5.74) is 2.37. The van der Waals surface area contributed by atoms with Gasteiger partial charge in [-0.05, 0) is 49.4 Å². The Morgan fingerprint density at radius 2 is 2.29 bits per heavy atom. The van der Waals surface area contributed by atoms with E-state index >= 15 is 0 Å². The predicted octanol–water partition coefficient (Wildman–Crippen LogP) is 3.70. The van der Waals surface area contributed by atoms with Crippen LogP contribution in [0.1, 0.15) is 37.8 Å². The summed E-state index contributed by atoms with van der Waals surface area (Å²) in [4.78, 5) is 4.61. The second-order valence-electron chi connectivity index (χ2n) is 5.93. The van der Waals surface area contributed by atoms with Crippen molar-refractivity contribution in [3.05, 3.63) is 42.1 Å². The molecule has 1 aliphatic heterocycles. The largest absolute Gasteiger partial charge is 0.381 e. The van der Waals surface area contributed by atoms with Gasteiger partial charge in [0.2, 0.25) is 0 Å². The van der Waals surface area contributed by atoms with Crippen LogP contribution in [0.25, 0.3) is 10.9 Å². The van der Waals surface area contributed by atoms with Gasteiger partial charge in [0.25, 0.3) is 0 Å². The van der Waals surface area contributed by atoms with Gasteiger partial charge in [-0.25, -0.2) is 0 Å². The topological polar surface area (TPSA) is 34.1 Å². The van der Waals surface area contributed by atoms with E-state index in [-0.39, 0.29) is 0 Å². The molecule has 0 bridgehead atoms. The molecule has 2 heterocycles. The number of nitrogens with one attached hydrogen (secondary N) is 1. The Kier molecular flexibility index (Phi) is 4.84. The summed E-state index contributed by atoms with van der Waals surface area (Å²) < 4.78 is 5.53. The highest BCUT2D eigenvalue weighted by Gasteiger charge is 2.21. The van der Waals surface area contributed by atoms with Crippen molar-refractivity contribution in [1.82, 2.24) is 10.3 Å². The summed E-state index contributed by atoms with van der Waals surface area (Å²) >= 11 is 0. The van der Waals surface area contributed by atoms with Gasteiger partial charge in [0, 0.05) is 30.8 Å². The molecule has 2 aromatic rings. The van der Waals surface area contributed by atoms with Gasteiger partial charge in [-0.15, -0.1) is 0 Å². The fourth-order valence-corrected chi connectivity index (χ4v) is 3.04. The van der Waals surface area contributed by atoms with Crippen LogP contribution in [0.4, 0.5) is 0 Å². The summed E-state index contributed by atoms with van der Waals surface area (Å²) in [5.74, 6) is 0.672. The molecule has 2 unspecified atom stereocenters.